The van der Waals surface area contributed by atoms with E-state index in [0.717, 1.165) is 0 Å². The molecule has 0 aliphatic rings. The first-order valence-corrected chi connectivity index (χ1v) is 20.1. The van der Waals surface area contributed by atoms with E-state index in [9.17, 15) is 0 Å². The Kier molecular flexibility index (Phi) is 71.8. The Bertz CT molecular complexity index is 57.4. The zero-order valence-electron chi connectivity index (χ0n) is 10.4. The van der Waals surface area contributed by atoms with Crippen molar-refractivity contribution in [3.63, 3.8) is 0 Å². The molecule has 0 heterocycles. The molecule has 3 nitrogen and oxygen atoms in total. The first kappa shape index (κ1) is 36.0. The average Bonchev–Trinajstić information content (AvgIpc) is 1.54. The summed E-state index contributed by atoms with van der Waals surface area (Å²) in [6.45, 7) is 0. The summed E-state index contributed by atoms with van der Waals surface area (Å²) in [4.78, 5) is 0. The van der Waals surface area contributed by atoms with Crippen LogP contribution in [0.25, 0.3) is 0 Å². The molecule has 6 N–H and O–H groups in total. The van der Waals surface area contributed by atoms with E-state index in [1.54, 1.807) is 0 Å². The van der Waals surface area contributed by atoms with E-state index in [0.29, 0.717) is 0 Å². The van der Waals surface area contributed by atoms with Gasteiger partial charge < -0.3 is 37.2 Å². The van der Waals surface area contributed by atoms with Gasteiger partial charge in [-0.15, -0.1) is 0 Å². The molecule has 0 bridgehead atoms. The van der Waals surface area contributed by atoms with Crippen LogP contribution in [0.1, 0.15) is 0 Å². The molecule has 0 aliphatic heterocycles. The summed E-state index contributed by atoms with van der Waals surface area (Å²) in [6, 6.07) is 0. The van der Waals surface area contributed by atoms with E-state index >= 15 is 0 Å². The maximum atomic E-state index is 5.28. The minimum atomic E-state index is -0.833. The second-order valence-electron chi connectivity index (χ2n) is 3.23. The van der Waals surface area contributed by atoms with Crippen molar-refractivity contribution < 1.29 is 37.2 Å². The predicted octanol–water partition coefficient (Wildman–Crippen LogP) is -8.40. The van der Waals surface area contributed by atoms with E-state index < -0.39 is 43.7 Å². The minimum absolute atomic E-state index is 0. The summed E-state index contributed by atoms with van der Waals surface area (Å²) in [6.07, 6.45) is 0. The van der Waals surface area contributed by atoms with Gasteiger partial charge in [-0.1, -0.05) is 0 Å². The van der Waals surface area contributed by atoms with Gasteiger partial charge in [-0.2, -0.15) is 0 Å². The Morgan fingerprint density at radius 1 is 0.467 bits per heavy atom. The normalized spacial score (nSPS) is 5.40. The van der Waals surface area contributed by atoms with Crippen molar-refractivity contribution in [3.05, 3.63) is 0 Å². The molecule has 0 spiro atoms. The molecule has 0 atom stereocenters. The van der Waals surface area contributed by atoms with Crippen molar-refractivity contribution in [3.8, 4) is 0 Å². The van der Waals surface area contributed by atoms with Gasteiger partial charge in [0.05, 0.1) is 0 Å². The van der Waals surface area contributed by atoms with Gasteiger partial charge in [0.2, 0.25) is 0 Å². The van der Waals surface area contributed by atoms with E-state index in [1.807, 2.05) is 0 Å². The molecule has 0 rings (SSSR count). The molecule has 96 valence electrons. The Hall–Kier alpha value is 2.38. The molecule has 0 aromatic carbocycles. The van der Waals surface area contributed by atoms with Gasteiger partial charge >= 0.3 is 92.3 Å². The number of nitrogens with two attached hydrogens (primary N) is 3. The summed E-state index contributed by atoms with van der Waals surface area (Å²) < 4.78 is 15.8. The van der Waals surface area contributed by atoms with Crippen LogP contribution in [-0.4, -0.2) is 43.7 Å². The smallest absolute Gasteiger partial charge is 1.00 e. The fraction of sp³-hybridized carbons (Fsp3) is 1.00. The molecule has 0 saturated carbocycles. The zero-order valence-corrected chi connectivity index (χ0v) is 18.9. The van der Waals surface area contributed by atoms with Crippen LogP contribution in [0.2, 0.25) is 34.5 Å². The second-order valence-corrected chi connectivity index (χ2v) is 16.8. The Morgan fingerprint density at radius 3 is 0.467 bits per heavy atom. The van der Waals surface area contributed by atoms with Crippen LogP contribution in [0.4, 0.5) is 0 Å². The van der Waals surface area contributed by atoms with E-state index in [-0.39, 0.29) is 37.2 Å². The van der Waals surface area contributed by atoms with Crippen molar-refractivity contribution in [1.29, 1.82) is 0 Å². The summed E-state index contributed by atoms with van der Waals surface area (Å²) >= 11 is -2.50. The van der Waals surface area contributed by atoms with E-state index in [2.05, 4.69) is 34.5 Å². The van der Waals surface area contributed by atoms with Crippen LogP contribution in [0.3, 0.4) is 0 Å². The van der Waals surface area contributed by atoms with E-state index in [4.69, 9.17) is 14.1 Å². The average molecular weight is 462 g/mol. The SMILES string of the molecule is [CH3][Ge+]([CH3])[NH2].[CH3][Ge+]([CH3])[NH2].[CH3][Ge+]([CH3])[NH2].[Cl-].[Cl-].[Cl-]. The maximum absolute atomic E-state index is 5.28. The van der Waals surface area contributed by atoms with Crippen LogP contribution in [-0.2, 0) is 0 Å². The molecular formula is C6H24Cl3Ge3N3. The molecule has 15 heavy (non-hydrogen) atoms. The fourth-order valence-corrected chi connectivity index (χ4v) is 0. The van der Waals surface area contributed by atoms with Crippen molar-refractivity contribution >= 4 is 43.7 Å². The summed E-state index contributed by atoms with van der Waals surface area (Å²) in [5, 5.41) is 0. The van der Waals surface area contributed by atoms with Crippen molar-refractivity contribution in [2.24, 2.45) is 14.1 Å². The molecule has 0 unspecified atom stereocenters. The third-order valence-electron chi connectivity index (χ3n) is 0. The quantitative estimate of drug-likeness (QED) is 0.313. The molecular weight excluding hydrogens is 438 g/mol. The van der Waals surface area contributed by atoms with Crippen LogP contribution in [0, 0.1) is 0 Å². The summed E-state index contributed by atoms with van der Waals surface area (Å²) in [5.74, 6) is 12.7. The largest absolute Gasteiger partial charge is 1.00 e. The van der Waals surface area contributed by atoms with Crippen LogP contribution >= 0.6 is 0 Å². The van der Waals surface area contributed by atoms with Crippen LogP contribution in [0.5, 0.6) is 0 Å². The summed E-state index contributed by atoms with van der Waals surface area (Å²) in [7, 11) is 0. The Balaban J connectivity index is -0.0000000184. The maximum Gasteiger partial charge on any atom is -1.00 e. The molecule has 0 fully saturated rings. The molecule has 0 aromatic rings. The molecule has 0 aliphatic carbocycles. The first-order chi connectivity index (χ1) is 5.20. The van der Waals surface area contributed by atoms with Crippen LogP contribution < -0.4 is 51.3 Å². The van der Waals surface area contributed by atoms with Gasteiger partial charge in [-0.3, -0.25) is 0 Å². The zero-order chi connectivity index (χ0) is 10.7. The third-order valence-corrected chi connectivity index (χ3v) is 0. The first-order valence-electron chi connectivity index (χ1n) is 3.87. The van der Waals surface area contributed by atoms with Gasteiger partial charge in [0, 0.05) is 0 Å². The van der Waals surface area contributed by atoms with Gasteiger partial charge in [-0.05, 0) is 0 Å². The minimum Gasteiger partial charge on any atom is -1.00 e. The third kappa shape index (κ3) is 599. The second kappa shape index (κ2) is 29.9. The van der Waals surface area contributed by atoms with Gasteiger partial charge in [0.1, 0.15) is 0 Å². The number of rotatable bonds is 0. The standard InChI is InChI=1S/3C2H8GeN.3ClH/c3*1-3(2)4;;;/h3*4H2,1-2H3;3*1H/q3*+1;;;/p-3. The Labute approximate surface area is 128 Å². The topological polar surface area (TPSA) is 78.1 Å². The molecule has 0 aromatic heterocycles. The fourth-order valence-electron chi connectivity index (χ4n) is 0. The number of hydrogen-bond donors (Lipinski definition) is 3. The summed E-state index contributed by atoms with van der Waals surface area (Å²) in [5.41, 5.74) is 0. The van der Waals surface area contributed by atoms with Crippen molar-refractivity contribution in [2.75, 3.05) is 0 Å². The molecule has 9 heteroatoms. The number of halogens is 3. The number of hydrogen-bond acceptors (Lipinski definition) is 3. The van der Waals surface area contributed by atoms with E-state index in [1.165, 1.54) is 0 Å². The van der Waals surface area contributed by atoms with Crippen LogP contribution in [0.15, 0.2) is 0 Å². The monoisotopic (exact) mass is 465 g/mol. The molecule has 0 radical (unpaired) electrons. The van der Waals surface area contributed by atoms with Gasteiger partial charge in [0.25, 0.3) is 0 Å². The van der Waals surface area contributed by atoms with Gasteiger partial charge in [-0.25, -0.2) is 0 Å². The Morgan fingerprint density at radius 2 is 0.467 bits per heavy atom. The van der Waals surface area contributed by atoms with Crippen molar-refractivity contribution in [2.45, 2.75) is 34.5 Å². The van der Waals surface area contributed by atoms with Crippen molar-refractivity contribution in [1.82, 2.24) is 0 Å². The predicted molar refractivity (Wildman–Crippen MR) is 65.0 cm³/mol. The van der Waals surface area contributed by atoms with Gasteiger partial charge in [0.15, 0.2) is 0 Å². The molecule has 0 amide bonds. The molecule has 0 saturated heterocycles.